The van der Waals surface area contributed by atoms with Crippen molar-refractivity contribution in [1.29, 1.82) is 0 Å². The van der Waals surface area contributed by atoms with Gasteiger partial charge in [-0.1, -0.05) is 5.16 Å². The van der Waals surface area contributed by atoms with Crippen LogP contribution >= 0.6 is 0 Å². The molecule has 0 aliphatic heterocycles. The molecule has 6 heteroatoms. The quantitative estimate of drug-likeness (QED) is 0.381. The van der Waals surface area contributed by atoms with Gasteiger partial charge >= 0.3 is 0 Å². The second kappa shape index (κ2) is 5.18. The topological polar surface area (TPSA) is 65.0 Å². The summed E-state index contributed by atoms with van der Waals surface area (Å²) < 4.78 is 25.6. The molecule has 0 aromatic heterocycles. The van der Waals surface area contributed by atoms with Gasteiger partial charge in [0.05, 0.1) is 12.0 Å². The monoisotopic (exact) mass is 209 g/mol. The van der Waals surface area contributed by atoms with Crippen LogP contribution in [0, 0.1) is 0 Å². The second-order valence-corrected chi connectivity index (χ2v) is 4.59. The predicted molar refractivity (Wildman–Crippen MR) is 50.1 cm³/mol. The van der Waals surface area contributed by atoms with E-state index in [1.165, 1.54) is 0 Å². The van der Waals surface area contributed by atoms with E-state index in [0.717, 1.165) is 12.0 Å². The predicted octanol–water partition coefficient (Wildman–Crippen LogP) is 0.764. The highest BCUT2D eigenvalue weighted by Crippen LogP contribution is 1.96. The highest BCUT2D eigenvalue weighted by Gasteiger charge is 2.07. The Kier molecular flexibility index (Phi) is 4.94. The molecular formula is C7H15NO4S. The van der Waals surface area contributed by atoms with Gasteiger partial charge in [-0.15, -0.1) is 0 Å². The fourth-order valence-electron chi connectivity index (χ4n) is 0.445. The molecule has 0 aliphatic carbocycles. The van der Waals surface area contributed by atoms with Crippen LogP contribution in [0.1, 0.15) is 20.8 Å². The van der Waals surface area contributed by atoms with Gasteiger partial charge in [0.15, 0.2) is 0 Å². The molecule has 78 valence electrons. The summed E-state index contributed by atoms with van der Waals surface area (Å²) in [6.45, 7) is 5.22. The normalized spacial score (nSPS) is 13.5. The molecule has 0 aromatic carbocycles. The van der Waals surface area contributed by atoms with Crippen molar-refractivity contribution in [2.45, 2.75) is 26.9 Å². The third-order valence-corrected chi connectivity index (χ3v) is 1.50. The van der Waals surface area contributed by atoms with Crippen molar-refractivity contribution in [2.24, 2.45) is 5.16 Å². The first-order valence-electron chi connectivity index (χ1n) is 3.82. The van der Waals surface area contributed by atoms with Crippen LogP contribution in [0.3, 0.4) is 0 Å². The molecule has 0 aliphatic rings. The maximum absolute atomic E-state index is 10.6. The zero-order chi connectivity index (χ0) is 10.5. The van der Waals surface area contributed by atoms with Gasteiger partial charge in [-0.25, -0.2) is 0 Å². The third kappa shape index (κ3) is 9.29. The molecule has 0 radical (unpaired) electrons. The van der Waals surface area contributed by atoms with E-state index in [9.17, 15) is 8.42 Å². The van der Waals surface area contributed by atoms with Crippen LogP contribution in [0.5, 0.6) is 0 Å². The maximum Gasteiger partial charge on any atom is 0.264 e. The fraction of sp³-hybridized carbons (Fsp3) is 0.857. The molecule has 0 N–H and O–H groups in total. The summed E-state index contributed by atoms with van der Waals surface area (Å²) in [5, 5.41) is 3.67. The van der Waals surface area contributed by atoms with E-state index in [0.29, 0.717) is 0 Å². The number of hydrogen-bond acceptors (Lipinski definition) is 5. The Labute approximate surface area is 78.8 Å². The summed E-state index contributed by atoms with van der Waals surface area (Å²) >= 11 is 0. The molecule has 0 bridgehead atoms. The molecule has 0 fully saturated rings. The Hall–Kier alpha value is -0.620. The van der Waals surface area contributed by atoms with Crippen molar-refractivity contribution in [3.8, 4) is 0 Å². The van der Waals surface area contributed by atoms with Crippen LogP contribution in [-0.4, -0.2) is 33.1 Å². The van der Waals surface area contributed by atoms with E-state index >= 15 is 0 Å². The van der Waals surface area contributed by atoms with Gasteiger partial charge in [0.2, 0.25) is 0 Å². The Morgan fingerprint density at radius 1 is 1.46 bits per heavy atom. The van der Waals surface area contributed by atoms with Gasteiger partial charge in [-0.3, -0.25) is 4.18 Å². The summed E-state index contributed by atoms with van der Waals surface area (Å²) in [4.78, 5) is 4.90. The molecular weight excluding hydrogens is 194 g/mol. The SMILES string of the molecule is CC(C)=NOC(C)COS(C)(=O)=O. The van der Waals surface area contributed by atoms with Crippen LogP contribution in [0.4, 0.5) is 0 Å². The lowest BCUT2D eigenvalue weighted by Gasteiger charge is -2.08. The zero-order valence-electron chi connectivity index (χ0n) is 8.27. The molecule has 0 rings (SSSR count). The minimum Gasteiger partial charge on any atom is -0.390 e. The van der Waals surface area contributed by atoms with Crippen LogP contribution in [0.25, 0.3) is 0 Å². The van der Waals surface area contributed by atoms with Gasteiger partial charge in [0.1, 0.15) is 12.7 Å². The summed E-state index contributed by atoms with van der Waals surface area (Å²) in [6.07, 6.45) is 0.623. The zero-order valence-corrected chi connectivity index (χ0v) is 9.09. The van der Waals surface area contributed by atoms with E-state index < -0.39 is 10.1 Å². The van der Waals surface area contributed by atoms with E-state index in [4.69, 9.17) is 4.84 Å². The number of nitrogens with zero attached hydrogens (tertiary/aromatic N) is 1. The smallest absolute Gasteiger partial charge is 0.264 e. The largest absolute Gasteiger partial charge is 0.390 e. The summed E-state index contributed by atoms with van der Waals surface area (Å²) in [7, 11) is -3.39. The van der Waals surface area contributed by atoms with E-state index in [1.54, 1.807) is 20.8 Å². The van der Waals surface area contributed by atoms with Crippen LogP contribution in [0.2, 0.25) is 0 Å². The van der Waals surface area contributed by atoms with E-state index in [2.05, 4.69) is 9.34 Å². The standard InChI is InChI=1S/C7H15NO4S/c1-6(2)8-12-7(3)5-11-13(4,9)10/h7H,5H2,1-4H3. The Morgan fingerprint density at radius 3 is 2.38 bits per heavy atom. The highest BCUT2D eigenvalue weighted by molar-refractivity contribution is 7.85. The fourth-order valence-corrected chi connectivity index (χ4v) is 0.884. The van der Waals surface area contributed by atoms with Crippen molar-refractivity contribution in [1.82, 2.24) is 0 Å². The van der Waals surface area contributed by atoms with E-state index in [1.807, 2.05) is 0 Å². The molecule has 1 atom stereocenters. The Bertz CT molecular complexity index is 266. The molecule has 5 nitrogen and oxygen atoms in total. The van der Waals surface area contributed by atoms with Crippen molar-refractivity contribution in [3.05, 3.63) is 0 Å². The van der Waals surface area contributed by atoms with Crippen LogP contribution in [-0.2, 0) is 19.1 Å². The lowest BCUT2D eigenvalue weighted by molar-refractivity contribution is 0.0385. The number of rotatable bonds is 5. The molecule has 0 amide bonds. The van der Waals surface area contributed by atoms with Crippen molar-refractivity contribution >= 4 is 15.8 Å². The van der Waals surface area contributed by atoms with Gasteiger partial charge in [-0.2, -0.15) is 8.42 Å². The third-order valence-electron chi connectivity index (χ3n) is 0.932. The molecule has 0 saturated carbocycles. The van der Waals surface area contributed by atoms with E-state index in [-0.39, 0.29) is 12.7 Å². The first-order valence-corrected chi connectivity index (χ1v) is 5.64. The van der Waals surface area contributed by atoms with Crippen molar-refractivity contribution in [2.75, 3.05) is 12.9 Å². The first kappa shape index (κ1) is 12.4. The van der Waals surface area contributed by atoms with Crippen molar-refractivity contribution in [3.63, 3.8) is 0 Å². The second-order valence-electron chi connectivity index (χ2n) is 2.94. The average molecular weight is 209 g/mol. The van der Waals surface area contributed by atoms with Crippen LogP contribution in [0.15, 0.2) is 5.16 Å². The molecule has 0 spiro atoms. The number of hydrogen-bond donors (Lipinski definition) is 0. The summed E-state index contributed by atoms with van der Waals surface area (Å²) in [5.74, 6) is 0. The highest BCUT2D eigenvalue weighted by atomic mass is 32.2. The van der Waals surface area contributed by atoms with Crippen LogP contribution < -0.4 is 0 Å². The lowest BCUT2D eigenvalue weighted by Crippen LogP contribution is -2.17. The van der Waals surface area contributed by atoms with Crippen molar-refractivity contribution < 1.29 is 17.4 Å². The Balaban J connectivity index is 3.77. The molecule has 1 unspecified atom stereocenters. The van der Waals surface area contributed by atoms with Gasteiger partial charge in [0.25, 0.3) is 10.1 Å². The Morgan fingerprint density at radius 2 is 2.00 bits per heavy atom. The van der Waals surface area contributed by atoms with Gasteiger partial charge in [-0.05, 0) is 20.8 Å². The molecule has 0 aromatic rings. The van der Waals surface area contributed by atoms with Gasteiger partial charge in [0, 0.05) is 0 Å². The minimum absolute atomic E-state index is 0.0182. The average Bonchev–Trinajstić information content (AvgIpc) is 1.95. The summed E-state index contributed by atoms with van der Waals surface area (Å²) in [6, 6.07) is 0. The maximum atomic E-state index is 10.6. The summed E-state index contributed by atoms with van der Waals surface area (Å²) in [5.41, 5.74) is 0.770. The first-order chi connectivity index (χ1) is 5.81. The molecule has 0 heterocycles. The minimum atomic E-state index is -3.39. The molecule has 0 saturated heterocycles. The van der Waals surface area contributed by atoms with Gasteiger partial charge < -0.3 is 4.84 Å². The lowest BCUT2D eigenvalue weighted by atomic mass is 10.4. The molecule has 13 heavy (non-hydrogen) atoms. The number of oxime groups is 1.